The van der Waals surface area contributed by atoms with Crippen LogP contribution in [0.25, 0.3) is 0 Å². The van der Waals surface area contributed by atoms with Gasteiger partial charge in [-0.3, -0.25) is 4.79 Å². The van der Waals surface area contributed by atoms with Crippen molar-refractivity contribution in [1.82, 2.24) is 0 Å². The molecule has 0 saturated heterocycles. The molecule has 0 aromatic heterocycles. The van der Waals surface area contributed by atoms with Crippen molar-refractivity contribution >= 4 is 16.1 Å². The lowest BCUT2D eigenvalue weighted by Crippen LogP contribution is -2.32. The fraction of sp³-hybridized carbons (Fsp3) is 0.0500. The van der Waals surface area contributed by atoms with Crippen LogP contribution in [0.5, 0.6) is 0 Å². The van der Waals surface area contributed by atoms with Crippen molar-refractivity contribution in [2.45, 2.75) is 5.04 Å². The molecular formula is C20H18NOSi. The van der Waals surface area contributed by atoms with Crippen LogP contribution in [0.4, 0.5) is 0 Å². The molecule has 3 aromatic carbocycles. The molecule has 23 heavy (non-hydrogen) atoms. The van der Waals surface area contributed by atoms with E-state index in [1.54, 1.807) is 6.07 Å². The Bertz CT molecular complexity index is 776. The molecule has 0 atom stereocenters. The van der Waals surface area contributed by atoms with Gasteiger partial charge in [0, 0.05) is 20.8 Å². The minimum atomic E-state index is -0.422. The van der Waals surface area contributed by atoms with E-state index in [0.29, 0.717) is 5.56 Å². The quantitative estimate of drug-likeness (QED) is 0.584. The van der Waals surface area contributed by atoms with Gasteiger partial charge >= 0.3 is 0 Å². The summed E-state index contributed by atoms with van der Waals surface area (Å²) in [5, 5.41) is -0.422. The number of rotatable bonds is 4. The molecule has 0 saturated carbocycles. The predicted octanol–water partition coefficient (Wildman–Crippen LogP) is 2.71. The third-order valence-electron chi connectivity index (χ3n) is 4.19. The number of carbonyl (C=O) groups is 1. The monoisotopic (exact) mass is 316 g/mol. The molecule has 1 amide bonds. The highest BCUT2D eigenvalue weighted by Gasteiger charge is 2.33. The number of hydrogen-bond donors (Lipinski definition) is 1. The minimum Gasteiger partial charge on any atom is -0.366 e. The molecule has 3 heteroatoms. The molecule has 0 aliphatic heterocycles. The highest BCUT2D eigenvalue weighted by molar-refractivity contribution is 6.21. The van der Waals surface area contributed by atoms with E-state index in [1.165, 1.54) is 0 Å². The molecule has 0 aliphatic rings. The third kappa shape index (κ3) is 2.71. The van der Waals surface area contributed by atoms with Crippen molar-refractivity contribution < 1.29 is 4.79 Å². The van der Waals surface area contributed by atoms with Crippen LogP contribution in [-0.2, 0) is 5.04 Å². The van der Waals surface area contributed by atoms with Crippen LogP contribution in [0.3, 0.4) is 0 Å². The first-order valence-corrected chi connectivity index (χ1v) is 8.20. The smallest absolute Gasteiger partial charge is 0.249 e. The van der Waals surface area contributed by atoms with Gasteiger partial charge in [0.05, 0.1) is 0 Å². The number of primary amides is 1. The molecule has 0 spiro atoms. The number of nitrogens with two attached hydrogens (primary N) is 1. The maximum Gasteiger partial charge on any atom is 0.249 e. The highest BCUT2D eigenvalue weighted by Crippen LogP contribution is 2.37. The van der Waals surface area contributed by atoms with Gasteiger partial charge in [-0.15, -0.1) is 0 Å². The summed E-state index contributed by atoms with van der Waals surface area (Å²) in [6.45, 7) is 0. The van der Waals surface area contributed by atoms with Crippen molar-refractivity contribution in [1.29, 1.82) is 0 Å². The van der Waals surface area contributed by atoms with E-state index in [2.05, 4.69) is 24.3 Å². The van der Waals surface area contributed by atoms with E-state index in [9.17, 15) is 4.79 Å². The van der Waals surface area contributed by atoms with Crippen molar-refractivity contribution in [3.05, 3.63) is 107 Å². The first kappa shape index (κ1) is 15.3. The summed E-state index contributed by atoms with van der Waals surface area (Å²) in [6.07, 6.45) is 0. The predicted molar refractivity (Wildman–Crippen MR) is 96.3 cm³/mol. The molecule has 3 rings (SSSR count). The third-order valence-corrected chi connectivity index (χ3v) is 5.38. The SMILES string of the molecule is NC(=O)c1ccccc1C([SiH2])(c1ccccc1)c1ccccc1. The molecule has 0 fully saturated rings. The van der Waals surface area contributed by atoms with Crippen LogP contribution >= 0.6 is 0 Å². The molecule has 0 unspecified atom stereocenters. The zero-order chi connectivity index (χ0) is 16.3. The summed E-state index contributed by atoms with van der Waals surface area (Å²) < 4.78 is 0. The Kier molecular flexibility index (Phi) is 4.13. The van der Waals surface area contributed by atoms with Gasteiger partial charge in [0.25, 0.3) is 0 Å². The molecule has 2 nitrogen and oxygen atoms in total. The van der Waals surface area contributed by atoms with Crippen molar-refractivity contribution in [2.24, 2.45) is 5.73 Å². The second-order valence-corrected chi connectivity index (χ2v) is 6.61. The van der Waals surface area contributed by atoms with Gasteiger partial charge in [0.15, 0.2) is 0 Å². The topological polar surface area (TPSA) is 43.1 Å². The van der Waals surface area contributed by atoms with Crippen molar-refractivity contribution in [3.8, 4) is 0 Å². The van der Waals surface area contributed by atoms with Gasteiger partial charge in [-0.25, -0.2) is 0 Å². The summed E-state index contributed by atoms with van der Waals surface area (Å²) >= 11 is 0. The maximum atomic E-state index is 12.0. The first-order valence-electron chi connectivity index (χ1n) is 7.50. The Morgan fingerprint density at radius 1 is 0.739 bits per heavy atom. The van der Waals surface area contributed by atoms with E-state index >= 15 is 0 Å². The van der Waals surface area contributed by atoms with Crippen LogP contribution < -0.4 is 5.73 Å². The molecule has 0 aliphatic carbocycles. The van der Waals surface area contributed by atoms with E-state index in [0.717, 1.165) is 16.7 Å². The molecule has 1 radical (unpaired) electrons. The average Bonchev–Trinajstić information content (AvgIpc) is 2.62. The number of hydrogen-bond acceptors (Lipinski definition) is 1. The van der Waals surface area contributed by atoms with Gasteiger partial charge in [-0.2, -0.15) is 0 Å². The van der Waals surface area contributed by atoms with Crippen LogP contribution in [0.15, 0.2) is 84.9 Å². The van der Waals surface area contributed by atoms with E-state index in [-0.39, 0.29) is 0 Å². The standard InChI is InChI=1S/C20H18NOSi/c21-19(22)17-13-7-8-14-18(17)20(23,15-9-3-1-4-10-15)16-11-5-2-6-12-16/h1-14H,23H2,(H2,21,22). The average molecular weight is 316 g/mol. The largest absolute Gasteiger partial charge is 0.366 e. The Morgan fingerprint density at radius 3 is 1.65 bits per heavy atom. The summed E-state index contributed by atoms with van der Waals surface area (Å²) in [5.74, 6) is -0.400. The Hall–Kier alpha value is -2.65. The molecule has 0 bridgehead atoms. The van der Waals surface area contributed by atoms with Crippen LogP contribution in [0.1, 0.15) is 27.0 Å². The number of benzene rings is 3. The molecule has 0 heterocycles. The zero-order valence-corrected chi connectivity index (χ0v) is 14.2. The fourth-order valence-corrected chi connectivity index (χ4v) is 3.77. The number of carbonyl (C=O) groups excluding carboxylic acids is 1. The van der Waals surface area contributed by atoms with Crippen LogP contribution in [0, 0.1) is 0 Å². The van der Waals surface area contributed by atoms with Crippen LogP contribution in [-0.4, -0.2) is 16.1 Å². The van der Waals surface area contributed by atoms with Gasteiger partial charge < -0.3 is 5.73 Å². The second-order valence-electron chi connectivity index (χ2n) is 5.55. The van der Waals surface area contributed by atoms with Crippen molar-refractivity contribution in [2.75, 3.05) is 0 Å². The molecule has 2 N–H and O–H groups in total. The van der Waals surface area contributed by atoms with Crippen molar-refractivity contribution in [3.63, 3.8) is 0 Å². The minimum absolute atomic E-state index is 0.400. The lowest BCUT2D eigenvalue weighted by molar-refractivity contribution is 0.0999. The summed E-state index contributed by atoms with van der Waals surface area (Å²) in [5.41, 5.74) is 9.40. The summed E-state index contributed by atoms with van der Waals surface area (Å²) in [6, 6.07) is 28.1. The molecule has 113 valence electrons. The zero-order valence-electron chi connectivity index (χ0n) is 12.8. The molecule has 3 aromatic rings. The van der Waals surface area contributed by atoms with Gasteiger partial charge in [0.1, 0.15) is 0 Å². The van der Waals surface area contributed by atoms with E-state index in [4.69, 9.17) is 5.73 Å². The fourth-order valence-electron chi connectivity index (χ4n) is 2.99. The van der Waals surface area contributed by atoms with Gasteiger partial charge in [-0.1, -0.05) is 78.9 Å². The van der Waals surface area contributed by atoms with Gasteiger partial charge in [-0.05, 0) is 22.8 Å². The first-order chi connectivity index (χ1) is 11.1. The number of amides is 1. The Labute approximate surface area is 139 Å². The Balaban J connectivity index is 2.33. The summed E-state index contributed by atoms with van der Waals surface area (Å²) in [7, 11) is 1.87. The maximum absolute atomic E-state index is 12.0. The highest BCUT2D eigenvalue weighted by atomic mass is 28.1. The Morgan fingerprint density at radius 2 is 1.17 bits per heavy atom. The van der Waals surface area contributed by atoms with E-state index in [1.807, 2.05) is 64.8 Å². The summed E-state index contributed by atoms with van der Waals surface area (Å²) in [4.78, 5) is 12.0. The molecular weight excluding hydrogens is 298 g/mol. The lowest BCUT2D eigenvalue weighted by atomic mass is 9.81. The lowest BCUT2D eigenvalue weighted by Gasteiger charge is -2.33. The van der Waals surface area contributed by atoms with Gasteiger partial charge in [0.2, 0.25) is 5.91 Å². The normalized spacial score (nSPS) is 11.2. The van der Waals surface area contributed by atoms with E-state index < -0.39 is 10.9 Å². The van der Waals surface area contributed by atoms with Crippen LogP contribution in [0.2, 0.25) is 0 Å². The second kappa shape index (κ2) is 6.22.